The van der Waals surface area contributed by atoms with Crippen LogP contribution in [0.1, 0.15) is 12.8 Å². The fourth-order valence-corrected chi connectivity index (χ4v) is 2.12. The summed E-state index contributed by atoms with van der Waals surface area (Å²) in [6.07, 6.45) is 2.15. The van der Waals surface area contributed by atoms with Gasteiger partial charge in [0.15, 0.2) is 0 Å². The highest BCUT2D eigenvalue weighted by molar-refractivity contribution is 6.33. The Morgan fingerprint density at radius 3 is 2.33 bits per heavy atom. The molecular weight excluding hydrogens is 286 g/mol. The van der Waals surface area contributed by atoms with Crippen molar-refractivity contribution in [3.63, 3.8) is 0 Å². The van der Waals surface area contributed by atoms with E-state index >= 15 is 0 Å². The number of para-hydroxylation sites is 1. The molecule has 0 bridgehead atoms. The molecular formula is C16H16ClN3O. The van der Waals surface area contributed by atoms with Crippen LogP contribution in [0.2, 0.25) is 5.02 Å². The average Bonchev–Trinajstić information content (AvgIpc) is 3.27. The van der Waals surface area contributed by atoms with Gasteiger partial charge in [-0.25, -0.2) is 4.79 Å². The molecule has 0 saturated heterocycles. The van der Waals surface area contributed by atoms with Crippen molar-refractivity contribution in [2.24, 2.45) is 0 Å². The molecule has 3 rings (SSSR count). The molecule has 1 aliphatic carbocycles. The minimum atomic E-state index is -0.149. The second-order valence-electron chi connectivity index (χ2n) is 5.05. The third kappa shape index (κ3) is 3.89. The van der Waals surface area contributed by atoms with Gasteiger partial charge in [0.1, 0.15) is 0 Å². The van der Waals surface area contributed by atoms with E-state index in [4.69, 9.17) is 11.6 Å². The van der Waals surface area contributed by atoms with Gasteiger partial charge in [0.25, 0.3) is 0 Å². The first kappa shape index (κ1) is 13.8. The van der Waals surface area contributed by atoms with Crippen LogP contribution < -0.4 is 16.0 Å². The number of halogens is 1. The molecule has 2 aromatic carbocycles. The van der Waals surface area contributed by atoms with Gasteiger partial charge >= 0.3 is 6.03 Å². The van der Waals surface area contributed by atoms with Crippen LogP contribution in [-0.2, 0) is 0 Å². The molecule has 0 heterocycles. The molecule has 108 valence electrons. The monoisotopic (exact) mass is 301 g/mol. The minimum Gasteiger partial charge on any atom is -0.354 e. The van der Waals surface area contributed by atoms with Crippen LogP contribution in [0.4, 0.5) is 21.9 Å². The summed E-state index contributed by atoms with van der Waals surface area (Å²) in [5.74, 6) is 0. The molecule has 21 heavy (non-hydrogen) atoms. The Balaban J connectivity index is 1.61. The highest BCUT2D eigenvalue weighted by atomic mass is 35.5. The van der Waals surface area contributed by atoms with Gasteiger partial charge in [0.2, 0.25) is 0 Å². The maximum absolute atomic E-state index is 11.6. The van der Waals surface area contributed by atoms with Crippen LogP contribution in [0.3, 0.4) is 0 Å². The fraction of sp³-hybridized carbons (Fsp3) is 0.188. The molecule has 0 spiro atoms. The third-order valence-electron chi connectivity index (χ3n) is 3.21. The Bertz CT molecular complexity index is 638. The molecule has 0 atom stereocenters. The number of rotatable bonds is 4. The molecule has 2 aromatic rings. The molecule has 0 aromatic heterocycles. The van der Waals surface area contributed by atoms with Crippen LogP contribution in [0.15, 0.2) is 48.5 Å². The van der Waals surface area contributed by atoms with E-state index in [9.17, 15) is 4.79 Å². The van der Waals surface area contributed by atoms with Crippen molar-refractivity contribution in [2.45, 2.75) is 18.9 Å². The van der Waals surface area contributed by atoms with E-state index in [1.165, 1.54) is 0 Å². The van der Waals surface area contributed by atoms with Gasteiger partial charge in [0.05, 0.1) is 10.7 Å². The number of urea groups is 1. The molecule has 0 aliphatic heterocycles. The van der Waals surface area contributed by atoms with Crippen molar-refractivity contribution >= 4 is 34.7 Å². The first-order valence-electron chi connectivity index (χ1n) is 6.90. The lowest BCUT2D eigenvalue weighted by atomic mass is 10.2. The largest absolute Gasteiger partial charge is 0.354 e. The summed E-state index contributed by atoms with van der Waals surface area (Å²) in [5.41, 5.74) is 2.53. The van der Waals surface area contributed by atoms with Crippen LogP contribution in [0.5, 0.6) is 0 Å². The van der Waals surface area contributed by atoms with Gasteiger partial charge in [-0.2, -0.15) is 0 Å². The zero-order chi connectivity index (χ0) is 14.7. The zero-order valence-corrected chi connectivity index (χ0v) is 12.2. The van der Waals surface area contributed by atoms with E-state index in [1.807, 2.05) is 48.5 Å². The summed E-state index contributed by atoms with van der Waals surface area (Å²) in [6, 6.07) is 15.3. The van der Waals surface area contributed by atoms with E-state index in [1.54, 1.807) is 0 Å². The molecule has 5 heteroatoms. The van der Waals surface area contributed by atoms with Crippen LogP contribution in [0.25, 0.3) is 0 Å². The number of hydrogen-bond acceptors (Lipinski definition) is 2. The van der Waals surface area contributed by atoms with E-state index in [0.717, 1.165) is 29.9 Å². The second kappa shape index (κ2) is 6.06. The van der Waals surface area contributed by atoms with Crippen molar-refractivity contribution < 1.29 is 4.79 Å². The molecule has 1 aliphatic rings. The SMILES string of the molecule is O=C(Nc1ccc(Nc2ccccc2Cl)cc1)NC1CC1. The minimum absolute atomic E-state index is 0.149. The van der Waals surface area contributed by atoms with Crippen molar-refractivity contribution in [1.29, 1.82) is 0 Å². The number of nitrogens with one attached hydrogen (secondary N) is 3. The summed E-state index contributed by atoms with van der Waals surface area (Å²) < 4.78 is 0. The number of carbonyl (C=O) groups is 1. The van der Waals surface area contributed by atoms with Crippen LogP contribution in [0, 0.1) is 0 Å². The summed E-state index contributed by atoms with van der Waals surface area (Å²) >= 11 is 6.10. The Kier molecular flexibility index (Phi) is 3.97. The second-order valence-corrected chi connectivity index (χ2v) is 5.46. The maximum Gasteiger partial charge on any atom is 0.319 e. The lowest BCUT2D eigenvalue weighted by molar-refractivity contribution is 0.251. The van der Waals surface area contributed by atoms with Gasteiger partial charge in [-0.05, 0) is 49.2 Å². The Hall–Kier alpha value is -2.20. The van der Waals surface area contributed by atoms with Gasteiger partial charge in [-0.15, -0.1) is 0 Å². The van der Waals surface area contributed by atoms with Gasteiger partial charge < -0.3 is 16.0 Å². The fourth-order valence-electron chi connectivity index (χ4n) is 1.94. The van der Waals surface area contributed by atoms with Gasteiger partial charge in [-0.1, -0.05) is 23.7 Å². The molecule has 1 saturated carbocycles. The van der Waals surface area contributed by atoms with Crippen molar-refractivity contribution in [3.8, 4) is 0 Å². The molecule has 0 radical (unpaired) electrons. The predicted molar refractivity (Wildman–Crippen MR) is 86.4 cm³/mol. The van der Waals surface area contributed by atoms with E-state index in [-0.39, 0.29) is 6.03 Å². The smallest absolute Gasteiger partial charge is 0.319 e. The van der Waals surface area contributed by atoms with Crippen molar-refractivity contribution in [2.75, 3.05) is 10.6 Å². The number of benzene rings is 2. The highest BCUT2D eigenvalue weighted by Gasteiger charge is 2.23. The van der Waals surface area contributed by atoms with Crippen molar-refractivity contribution in [3.05, 3.63) is 53.6 Å². The summed E-state index contributed by atoms with van der Waals surface area (Å²) in [4.78, 5) is 11.6. The summed E-state index contributed by atoms with van der Waals surface area (Å²) in [5, 5.41) is 9.60. The topological polar surface area (TPSA) is 53.2 Å². The first-order valence-corrected chi connectivity index (χ1v) is 7.27. The van der Waals surface area contributed by atoms with Gasteiger partial charge in [0, 0.05) is 17.4 Å². The normalized spacial score (nSPS) is 13.6. The number of hydrogen-bond donors (Lipinski definition) is 3. The highest BCUT2D eigenvalue weighted by Crippen LogP contribution is 2.25. The molecule has 1 fully saturated rings. The lowest BCUT2D eigenvalue weighted by Crippen LogP contribution is -2.30. The Morgan fingerprint density at radius 1 is 1.00 bits per heavy atom. The number of carbonyl (C=O) groups excluding carboxylic acids is 1. The molecule has 4 nitrogen and oxygen atoms in total. The molecule has 3 N–H and O–H groups in total. The van der Waals surface area contributed by atoms with E-state index in [0.29, 0.717) is 11.1 Å². The maximum atomic E-state index is 11.6. The van der Waals surface area contributed by atoms with E-state index < -0.39 is 0 Å². The Morgan fingerprint density at radius 2 is 1.67 bits per heavy atom. The van der Waals surface area contributed by atoms with Crippen LogP contribution >= 0.6 is 11.6 Å². The van der Waals surface area contributed by atoms with Gasteiger partial charge in [-0.3, -0.25) is 0 Å². The predicted octanol–water partition coefficient (Wildman–Crippen LogP) is 4.37. The summed E-state index contributed by atoms with van der Waals surface area (Å²) in [7, 11) is 0. The van der Waals surface area contributed by atoms with E-state index in [2.05, 4.69) is 16.0 Å². The zero-order valence-electron chi connectivity index (χ0n) is 11.4. The molecule has 2 amide bonds. The Labute approximate surface area is 128 Å². The molecule has 0 unspecified atom stereocenters. The number of amides is 2. The standard InChI is InChI=1S/C16H16ClN3O/c17-14-3-1-2-4-15(14)18-11-5-7-12(8-6-11)19-16(21)20-13-9-10-13/h1-8,13,18H,9-10H2,(H2,19,20,21). The van der Waals surface area contributed by atoms with Crippen LogP contribution in [-0.4, -0.2) is 12.1 Å². The summed E-state index contributed by atoms with van der Waals surface area (Å²) in [6.45, 7) is 0. The first-order chi connectivity index (χ1) is 10.2. The van der Waals surface area contributed by atoms with Crippen molar-refractivity contribution in [1.82, 2.24) is 5.32 Å². The quantitative estimate of drug-likeness (QED) is 0.785. The number of anilines is 3. The average molecular weight is 302 g/mol. The lowest BCUT2D eigenvalue weighted by Gasteiger charge is -2.10. The third-order valence-corrected chi connectivity index (χ3v) is 3.54.